The van der Waals surface area contributed by atoms with E-state index in [0.717, 1.165) is 6.08 Å². The summed E-state index contributed by atoms with van der Waals surface area (Å²) in [5, 5.41) is 8.10. The molecule has 3 heteroatoms. The zero-order valence-corrected chi connectivity index (χ0v) is 5.37. The fourth-order valence-corrected chi connectivity index (χ4v) is 0.384. The van der Waals surface area contributed by atoms with Crippen molar-refractivity contribution in [2.45, 2.75) is 19.4 Å². The number of hydrogen-bond acceptors (Lipinski definition) is 2. The highest BCUT2D eigenvalue weighted by atomic mass is 16.4. The molecule has 1 unspecified atom stereocenters. The van der Waals surface area contributed by atoms with Gasteiger partial charge in [-0.25, -0.2) is 4.79 Å². The lowest BCUT2D eigenvalue weighted by atomic mass is 10.2. The third-order valence-electron chi connectivity index (χ3n) is 0.768. The number of carboxylic acids is 1. The van der Waals surface area contributed by atoms with Gasteiger partial charge in [-0.05, 0) is 13.3 Å². The van der Waals surface area contributed by atoms with Crippen LogP contribution in [-0.4, -0.2) is 17.1 Å². The average Bonchev–Trinajstić information content (AvgIpc) is 1.63. The standard InChI is InChI=1S/C6H11NO2/c1-5(7)3-2-4-6(8)9/h2,4-5H,3,7H2,1H3,(H,8,9)/b4-2+. The normalized spacial score (nSPS) is 14.0. The molecule has 0 heterocycles. The maximum atomic E-state index is 9.85. The van der Waals surface area contributed by atoms with E-state index >= 15 is 0 Å². The lowest BCUT2D eigenvalue weighted by molar-refractivity contribution is -0.131. The van der Waals surface area contributed by atoms with Gasteiger partial charge in [0.25, 0.3) is 0 Å². The zero-order chi connectivity index (χ0) is 7.28. The minimum atomic E-state index is -0.921. The first kappa shape index (κ1) is 8.17. The first-order valence-electron chi connectivity index (χ1n) is 2.78. The molecule has 3 N–H and O–H groups in total. The van der Waals surface area contributed by atoms with Gasteiger partial charge in [0.15, 0.2) is 0 Å². The van der Waals surface area contributed by atoms with Crippen LogP contribution in [0.3, 0.4) is 0 Å². The van der Waals surface area contributed by atoms with Crippen molar-refractivity contribution in [1.29, 1.82) is 0 Å². The molecule has 0 saturated carbocycles. The van der Waals surface area contributed by atoms with Crippen LogP contribution in [0.4, 0.5) is 0 Å². The van der Waals surface area contributed by atoms with Crippen LogP contribution in [0.25, 0.3) is 0 Å². The highest BCUT2D eigenvalue weighted by Gasteiger charge is 1.88. The summed E-state index contributed by atoms with van der Waals surface area (Å²) in [6.07, 6.45) is 3.27. The summed E-state index contributed by atoms with van der Waals surface area (Å²) in [4.78, 5) is 9.85. The molecule has 3 nitrogen and oxygen atoms in total. The van der Waals surface area contributed by atoms with Crippen LogP contribution in [0.2, 0.25) is 0 Å². The van der Waals surface area contributed by atoms with E-state index in [0.29, 0.717) is 6.42 Å². The van der Waals surface area contributed by atoms with E-state index in [4.69, 9.17) is 10.8 Å². The fraction of sp³-hybridized carbons (Fsp3) is 0.500. The van der Waals surface area contributed by atoms with Crippen molar-refractivity contribution in [3.63, 3.8) is 0 Å². The smallest absolute Gasteiger partial charge is 0.327 e. The van der Waals surface area contributed by atoms with E-state index in [-0.39, 0.29) is 6.04 Å². The van der Waals surface area contributed by atoms with Crippen molar-refractivity contribution in [2.24, 2.45) is 5.73 Å². The first-order valence-corrected chi connectivity index (χ1v) is 2.78. The van der Waals surface area contributed by atoms with Gasteiger partial charge in [0, 0.05) is 12.1 Å². The molecule has 0 amide bonds. The minimum absolute atomic E-state index is 0.0422. The maximum absolute atomic E-state index is 9.85. The highest BCUT2D eigenvalue weighted by Crippen LogP contribution is 1.86. The van der Waals surface area contributed by atoms with Gasteiger partial charge < -0.3 is 10.8 Å². The van der Waals surface area contributed by atoms with Gasteiger partial charge >= 0.3 is 5.97 Å². The molecule has 0 radical (unpaired) electrons. The second-order valence-corrected chi connectivity index (χ2v) is 1.95. The van der Waals surface area contributed by atoms with Crippen LogP contribution in [-0.2, 0) is 4.79 Å². The van der Waals surface area contributed by atoms with Crippen molar-refractivity contribution in [1.82, 2.24) is 0 Å². The molecule has 0 aliphatic rings. The quantitative estimate of drug-likeness (QED) is 0.541. The molecule has 0 rings (SSSR count). The van der Waals surface area contributed by atoms with E-state index in [1.54, 1.807) is 6.08 Å². The summed E-state index contributed by atoms with van der Waals surface area (Å²) in [5.41, 5.74) is 5.33. The van der Waals surface area contributed by atoms with Gasteiger partial charge in [0.2, 0.25) is 0 Å². The molecule has 0 aliphatic heterocycles. The molecule has 0 aromatic rings. The summed E-state index contributed by atoms with van der Waals surface area (Å²) >= 11 is 0. The van der Waals surface area contributed by atoms with Crippen molar-refractivity contribution in [3.8, 4) is 0 Å². The fourth-order valence-electron chi connectivity index (χ4n) is 0.384. The maximum Gasteiger partial charge on any atom is 0.327 e. The Morgan fingerprint density at radius 2 is 2.44 bits per heavy atom. The third kappa shape index (κ3) is 7.17. The van der Waals surface area contributed by atoms with Gasteiger partial charge in [0.05, 0.1) is 0 Å². The van der Waals surface area contributed by atoms with Gasteiger partial charge in [-0.2, -0.15) is 0 Å². The first-order chi connectivity index (χ1) is 4.13. The second-order valence-electron chi connectivity index (χ2n) is 1.95. The number of nitrogens with two attached hydrogens (primary N) is 1. The van der Waals surface area contributed by atoms with Gasteiger partial charge in [-0.3, -0.25) is 0 Å². The number of aliphatic carboxylic acids is 1. The van der Waals surface area contributed by atoms with Crippen LogP contribution in [0, 0.1) is 0 Å². The van der Waals surface area contributed by atoms with Crippen LogP contribution in [0.5, 0.6) is 0 Å². The van der Waals surface area contributed by atoms with E-state index in [1.165, 1.54) is 0 Å². The van der Waals surface area contributed by atoms with Crippen molar-refractivity contribution in [2.75, 3.05) is 0 Å². The molecular formula is C6H11NO2. The second kappa shape index (κ2) is 4.09. The van der Waals surface area contributed by atoms with Crippen molar-refractivity contribution < 1.29 is 9.90 Å². The van der Waals surface area contributed by atoms with Gasteiger partial charge in [-0.1, -0.05) is 6.08 Å². The Bertz CT molecular complexity index is 118. The molecule has 0 fully saturated rings. The predicted molar refractivity (Wildman–Crippen MR) is 35.0 cm³/mol. The van der Waals surface area contributed by atoms with Gasteiger partial charge in [0.1, 0.15) is 0 Å². The number of carboxylic acid groups (broad SMARTS) is 1. The predicted octanol–water partition coefficient (Wildman–Crippen LogP) is 0.365. The Labute approximate surface area is 54.2 Å². The number of rotatable bonds is 3. The van der Waals surface area contributed by atoms with E-state index in [2.05, 4.69) is 0 Å². The average molecular weight is 129 g/mol. The number of carbonyl (C=O) groups is 1. The van der Waals surface area contributed by atoms with Crippen LogP contribution in [0.15, 0.2) is 12.2 Å². The summed E-state index contributed by atoms with van der Waals surface area (Å²) in [6, 6.07) is 0.0422. The summed E-state index contributed by atoms with van der Waals surface area (Å²) in [7, 11) is 0. The Hall–Kier alpha value is -0.830. The molecule has 0 aromatic heterocycles. The van der Waals surface area contributed by atoms with E-state index in [9.17, 15) is 4.79 Å². The Morgan fingerprint density at radius 1 is 1.89 bits per heavy atom. The van der Waals surface area contributed by atoms with Gasteiger partial charge in [-0.15, -0.1) is 0 Å². The third-order valence-corrected chi connectivity index (χ3v) is 0.768. The molecule has 0 aromatic carbocycles. The molecule has 1 atom stereocenters. The topological polar surface area (TPSA) is 63.3 Å². The Morgan fingerprint density at radius 3 is 2.78 bits per heavy atom. The summed E-state index contributed by atoms with van der Waals surface area (Å²) < 4.78 is 0. The minimum Gasteiger partial charge on any atom is -0.478 e. The van der Waals surface area contributed by atoms with Crippen LogP contribution < -0.4 is 5.73 Å². The number of hydrogen-bond donors (Lipinski definition) is 2. The summed E-state index contributed by atoms with van der Waals surface area (Å²) in [5.74, 6) is -0.921. The van der Waals surface area contributed by atoms with Crippen LogP contribution >= 0.6 is 0 Å². The molecular weight excluding hydrogens is 118 g/mol. The lowest BCUT2D eigenvalue weighted by Gasteiger charge is -1.95. The van der Waals surface area contributed by atoms with Crippen LogP contribution in [0.1, 0.15) is 13.3 Å². The largest absolute Gasteiger partial charge is 0.478 e. The molecule has 0 aliphatic carbocycles. The molecule has 0 spiro atoms. The molecule has 52 valence electrons. The monoisotopic (exact) mass is 129 g/mol. The molecule has 0 saturated heterocycles. The van der Waals surface area contributed by atoms with E-state index in [1.807, 2.05) is 6.92 Å². The Balaban J connectivity index is 3.36. The SMILES string of the molecule is CC(N)C/C=C/C(=O)O. The highest BCUT2D eigenvalue weighted by molar-refractivity contribution is 5.79. The van der Waals surface area contributed by atoms with Crippen molar-refractivity contribution in [3.05, 3.63) is 12.2 Å². The van der Waals surface area contributed by atoms with E-state index < -0.39 is 5.97 Å². The Kier molecular flexibility index (Phi) is 3.71. The zero-order valence-electron chi connectivity index (χ0n) is 5.37. The van der Waals surface area contributed by atoms with Crippen molar-refractivity contribution >= 4 is 5.97 Å². The molecule has 9 heavy (non-hydrogen) atoms. The summed E-state index contributed by atoms with van der Waals surface area (Å²) in [6.45, 7) is 1.83. The lowest BCUT2D eigenvalue weighted by Crippen LogP contribution is -2.12. The molecule has 0 bridgehead atoms.